The number of rotatable bonds is 6. The Morgan fingerprint density at radius 1 is 1.40 bits per heavy atom. The van der Waals surface area contributed by atoms with Crippen molar-refractivity contribution in [2.75, 3.05) is 13.6 Å². The number of amides is 1. The van der Waals surface area contributed by atoms with Crippen LogP contribution in [0.4, 0.5) is 0 Å². The van der Waals surface area contributed by atoms with Crippen molar-refractivity contribution in [3.05, 3.63) is 36.7 Å². The molecule has 0 bridgehead atoms. The number of aromatic nitrogens is 4. The maximum Gasteiger partial charge on any atom is 0.245 e. The minimum Gasteiger partial charge on any atom is -0.344 e. The molecule has 1 atom stereocenters. The molecule has 0 spiro atoms. The van der Waals surface area contributed by atoms with Gasteiger partial charge in [-0.15, -0.1) is 0 Å². The van der Waals surface area contributed by atoms with Crippen LogP contribution in [0, 0.1) is 6.92 Å². The second-order valence-corrected chi connectivity index (χ2v) is 4.94. The molecule has 6 nitrogen and oxygen atoms in total. The number of carbonyl (C=O) groups excluding carboxylic acids is 1. The molecule has 0 radical (unpaired) electrons. The van der Waals surface area contributed by atoms with E-state index < -0.39 is 0 Å². The fraction of sp³-hybridized carbons (Fsp3) is 0.500. The molecule has 20 heavy (non-hydrogen) atoms. The topological polar surface area (TPSA) is 56.0 Å². The highest BCUT2D eigenvalue weighted by Gasteiger charge is 2.19. The molecule has 0 aliphatic carbocycles. The standard InChI is InChI=1S/C14H21N5O/c1-12(19-11-7-15-13(19)2)14(20)17(3)8-5-10-18-9-4-6-16-18/h4,6-7,9,11-12H,5,8,10H2,1-3H3/t12-/m0/s1. The van der Waals surface area contributed by atoms with E-state index in [2.05, 4.69) is 10.1 Å². The normalized spacial score (nSPS) is 12.3. The van der Waals surface area contributed by atoms with Gasteiger partial charge in [-0.3, -0.25) is 9.48 Å². The first kappa shape index (κ1) is 14.3. The molecule has 0 unspecified atom stereocenters. The average molecular weight is 275 g/mol. The van der Waals surface area contributed by atoms with E-state index in [-0.39, 0.29) is 11.9 Å². The lowest BCUT2D eigenvalue weighted by Crippen LogP contribution is -2.34. The van der Waals surface area contributed by atoms with E-state index in [4.69, 9.17) is 0 Å². The Bertz CT molecular complexity index is 546. The van der Waals surface area contributed by atoms with Crippen LogP contribution in [0.15, 0.2) is 30.9 Å². The summed E-state index contributed by atoms with van der Waals surface area (Å²) in [5.41, 5.74) is 0. The first-order chi connectivity index (χ1) is 9.59. The van der Waals surface area contributed by atoms with Gasteiger partial charge in [0.1, 0.15) is 11.9 Å². The van der Waals surface area contributed by atoms with Crippen LogP contribution in [-0.2, 0) is 11.3 Å². The molecule has 2 aromatic rings. The Morgan fingerprint density at radius 3 is 2.80 bits per heavy atom. The highest BCUT2D eigenvalue weighted by molar-refractivity contribution is 5.79. The molecule has 2 heterocycles. The smallest absolute Gasteiger partial charge is 0.245 e. The fourth-order valence-electron chi connectivity index (χ4n) is 2.25. The molecule has 0 saturated carbocycles. The average Bonchev–Trinajstić information content (AvgIpc) is 3.08. The lowest BCUT2D eigenvalue weighted by atomic mass is 10.2. The van der Waals surface area contributed by atoms with Crippen LogP contribution in [0.25, 0.3) is 0 Å². The van der Waals surface area contributed by atoms with Gasteiger partial charge in [-0.25, -0.2) is 4.98 Å². The zero-order chi connectivity index (χ0) is 14.5. The molecule has 1 amide bonds. The van der Waals surface area contributed by atoms with Crippen molar-refractivity contribution in [1.82, 2.24) is 24.2 Å². The van der Waals surface area contributed by atoms with E-state index in [0.29, 0.717) is 0 Å². The van der Waals surface area contributed by atoms with E-state index in [1.54, 1.807) is 17.3 Å². The molecule has 0 aromatic carbocycles. The maximum absolute atomic E-state index is 12.3. The number of hydrogen-bond donors (Lipinski definition) is 0. The Morgan fingerprint density at radius 2 is 2.20 bits per heavy atom. The third-order valence-electron chi connectivity index (χ3n) is 3.45. The summed E-state index contributed by atoms with van der Waals surface area (Å²) in [6.45, 7) is 5.35. The van der Waals surface area contributed by atoms with Gasteiger partial charge in [0.2, 0.25) is 5.91 Å². The van der Waals surface area contributed by atoms with Crippen LogP contribution in [-0.4, -0.2) is 43.7 Å². The summed E-state index contributed by atoms with van der Waals surface area (Å²) in [6, 6.07) is 1.69. The predicted molar refractivity (Wildman–Crippen MR) is 76.2 cm³/mol. The third-order valence-corrected chi connectivity index (χ3v) is 3.45. The second kappa shape index (κ2) is 6.36. The van der Waals surface area contributed by atoms with Gasteiger partial charge in [0.15, 0.2) is 0 Å². The molecule has 0 aliphatic rings. The van der Waals surface area contributed by atoms with Crippen LogP contribution in [0.2, 0.25) is 0 Å². The zero-order valence-corrected chi connectivity index (χ0v) is 12.2. The van der Waals surface area contributed by atoms with Gasteiger partial charge < -0.3 is 9.47 Å². The Hall–Kier alpha value is -2.11. The number of aryl methyl sites for hydroxylation is 2. The molecule has 0 fully saturated rings. The van der Waals surface area contributed by atoms with E-state index in [0.717, 1.165) is 25.3 Å². The Kier molecular flexibility index (Phi) is 4.55. The van der Waals surface area contributed by atoms with Gasteiger partial charge in [-0.05, 0) is 26.3 Å². The summed E-state index contributed by atoms with van der Waals surface area (Å²) in [4.78, 5) is 18.3. The molecular weight excluding hydrogens is 254 g/mol. The Labute approximate surface area is 119 Å². The quantitative estimate of drug-likeness (QED) is 0.802. The fourth-order valence-corrected chi connectivity index (χ4v) is 2.25. The lowest BCUT2D eigenvalue weighted by molar-refractivity contribution is -0.133. The van der Waals surface area contributed by atoms with E-state index in [1.807, 2.05) is 48.6 Å². The number of likely N-dealkylation sites (N-methyl/N-ethyl adjacent to an activating group) is 1. The second-order valence-electron chi connectivity index (χ2n) is 4.94. The molecule has 2 aromatic heterocycles. The first-order valence-electron chi connectivity index (χ1n) is 6.81. The lowest BCUT2D eigenvalue weighted by Gasteiger charge is -2.22. The third kappa shape index (κ3) is 3.26. The minimum atomic E-state index is -0.216. The van der Waals surface area contributed by atoms with Crippen LogP contribution >= 0.6 is 0 Å². The van der Waals surface area contributed by atoms with Crippen molar-refractivity contribution in [2.45, 2.75) is 32.9 Å². The first-order valence-corrected chi connectivity index (χ1v) is 6.81. The van der Waals surface area contributed by atoms with Crippen molar-refractivity contribution in [3.8, 4) is 0 Å². The SMILES string of the molecule is Cc1nccn1[C@@H](C)C(=O)N(C)CCCn1cccn1. The highest BCUT2D eigenvalue weighted by atomic mass is 16.2. The van der Waals surface area contributed by atoms with Gasteiger partial charge in [-0.2, -0.15) is 5.10 Å². The van der Waals surface area contributed by atoms with Gasteiger partial charge in [0.25, 0.3) is 0 Å². The van der Waals surface area contributed by atoms with Gasteiger partial charge >= 0.3 is 0 Å². The van der Waals surface area contributed by atoms with Crippen molar-refractivity contribution in [3.63, 3.8) is 0 Å². The summed E-state index contributed by atoms with van der Waals surface area (Å²) in [5, 5.41) is 4.15. The molecule has 0 saturated heterocycles. The summed E-state index contributed by atoms with van der Waals surface area (Å²) in [7, 11) is 1.84. The molecule has 0 aliphatic heterocycles. The van der Waals surface area contributed by atoms with E-state index >= 15 is 0 Å². The van der Waals surface area contributed by atoms with Crippen molar-refractivity contribution < 1.29 is 4.79 Å². The largest absolute Gasteiger partial charge is 0.344 e. The van der Waals surface area contributed by atoms with Crippen molar-refractivity contribution >= 4 is 5.91 Å². The molecule has 2 rings (SSSR count). The number of nitrogens with zero attached hydrogens (tertiary/aromatic N) is 5. The van der Waals surface area contributed by atoms with Gasteiger partial charge in [0, 0.05) is 44.9 Å². The van der Waals surface area contributed by atoms with E-state index in [9.17, 15) is 4.79 Å². The zero-order valence-electron chi connectivity index (χ0n) is 12.2. The van der Waals surface area contributed by atoms with Crippen LogP contribution in [0.3, 0.4) is 0 Å². The summed E-state index contributed by atoms with van der Waals surface area (Å²) in [5.74, 6) is 0.961. The van der Waals surface area contributed by atoms with Crippen LogP contribution < -0.4 is 0 Å². The van der Waals surface area contributed by atoms with Crippen LogP contribution in [0.5, 0.6) is 0 Å². The predicted octanol–water partition coefficient (Wildman–Crippen LogP) is 1.50. The summed E-state index contributed by atoms with van der Waals surface area (Å²) >= 11 is 0. The highest BCUT2D eigenvalue weighted by Crippen LogP contribution is 2.11. The Balaban J connectivity index is 1.84. The van der Waals surface area contributed by atoms with Crippen molar-refractivity contribution in [1.29, 1.82) is 0 Å². The molecule has 0 N–H and O–H groups in total. The summed E-state index contributed by atoms with van der Waals surface area (Å²) in [6.07, 6.45) is 8.14. The van der Waals surface area contributed by atoms with Crippen molar-refractivity contribution in [2.24, 2.45) is 0 Å². The summed E-state index contributed by atoms with van der Waals surface area (Å²) < 4.78 is 3.77. The molecule has 6 heteroatoms. The van der Waals surface area contributed by atoms with E-state index in [1.165, 1.54) is 0 Å². The molecule has 108 valence electrons. The van der Waals surface area contributed by atoms with Crippen LogP contribution in [0.1, 0.15) is 25.2 Å². The molecular formula is C14H21N5O. The van der Waals surface area contributed by atoms with Gasteiger partial charge in [-0.1, -0.05) is 0 Å². The minimum absolute atomic E-state index is 0.103. The number of imidazole rings is 1. The number of carbonyl (C=O) groups is 1. The number of hydrogen-bond acceptors (Lipinski definition) is 3. The maximum atomic E-state index is 12.3. The monoisotopic (exact) mass is 275 g/mol. The van der Waals surface area contributed by atoms with Gasteiger partial charge in [0.05, 0.1) is 0 Å².